The van der Waals surface area contributed by atoms with Gasteiger partial charge in [-0.15, -0.1) is 0 Å². The summed E-state index contributed by atoms with van der Waals surface area (Å²) in [6.07, 6.45) is 14.0. The second kappa shape index (κ2) is 14.0. The van der Waals surface area contributed by atoms with Crippen molar-refractivity contribution in [3.63, 3.8) is 0 Å². The van der Waals surface area contributed by atoms with E-state index in [1.54, 1.807) is 22.0 Å². The van der Waals surface area contributed by atoms with E-state index in [-0.39, 0.29) is 12.5 Å². The summed E-state index contributed by atoms with van der Waals surface area (Å²) in [6.45, 7) is 8.61. The molecule has 1 aromatic carbocycles. The first-order valence-electron chi connectivity index (χ1n) is 12.5. The van der Waals surface area contributed by atoms with Gasteiger partial charge in [0.05, 0.1) is 13.1 Å². The Morgan fingerprint density at radius 2 is 2.06 bits per heavy atom. The number of allylic oxidation sites excluding steroid dienone is 8. The Bertz CT molecular complexity index is 1080. The smallest absolute Gasteiger partial charge is 0.241 e. The summed E-state index contributed by atoms with van der Waals surface area (Å²) in [5.74, 6) is 0.861. The van der Waals surface area contributed by atoms with Gasteiger partial charge in [0.15, 0.2) is 0 Å². The molecule has 1 atom stereocenters. The van der Waals surface area contributed by atoms with Crippen LogP contribution in [0.1, 0.15) is 44.7 Å². The molecule has 0 saturated heterocycles. The Labute approximate surface area is 220 Å². The molecule has 36 heavy (non-hydrogen) atoms. The molecule has 1 amide bonds. The van der Waals surface area contributed by atoms with Gasteiger partial charge in [-0.25, -0.2) is 0 Å². The van der Waals surface area contributed by atoms with Crippen molar-refractivity contribution in [2.24, 2.45) is 4.99 Å². The number of rotatable bonds is 7. The molecule has 1 unspecified atom stereocenters. The van der Waals surface area contributed by atoms with Crippen molar-refractivity contribution in [2.75, 3.05) is 26.2 Å². The van der Waals surface area contributed by atoms with Gasteiger partial charge in [-0.3, -0.25) is 14.7 Å². The van der Waals surface area contributed by atoms with Crippen LogP contribution in [0.15, 0.2) is 88.1 Å². The Hall–Kier alpha value is -2.93. The van der Waals surface area contributed by atoms with E-state index in [2.05, 4.69) is 10.3 Å². The number of carbonyl (C=O) groups excluding carboxylic acids is 1. The van der Waals surface area contributed by atoms with Crippen LogP contribution in [0.2, 0.25) is 0 Å². The van der Waals surface area contributed by atoms with E-state index in [0.717, 1.165) is 47.7 Å². The summed E-state index contributed by atoms with van der Waals surface area (Å²) in [7, 11) is 0. The molecule has 0 saturated carbocycles. The second-order valence-electron chi connectivity index (χ2n) is 9.02. The zero-order valence-electron chi connectivity index (χ0n) is 21.5. The Morgan fingerprint density at radius 3 is 2.75 bits per heavy atom. The van der Waals surface area contributed by atoms with E-state index < -0.39 is 6.23 Å². The van der Waals surface area contributed by atoms with Gasteiger partial charge in [0.25, 0.3) is 0 Å². The molecule has 7 heteroatoms. The van der Waals surface area contributed by atoms with Crippen LogP contribution in [0, 0.1) is 0 Å². The van der Waals surface area contributed by atoms with Crippen molar-refractivity contribution in [2.45, 2.75) is 46.4 Å². The van der Waals surface area contributed by atoms with Crippen LogP contribution >= 0.6 is 11.6 Å². The molecule has 0 radical (unpaired) electrons. The first-order valence-corrected chi connectivity index (χ1v) is 12.9. The summed E-state index contributed by atoms with van der Waals surface area (Å²) < 4.78 is 0. The molecule has 2 aliphatic heterocycles. The minimum Gasteiger partial charge on any atom is -0.378 e. The predicted molar refractivity (Wildman–Crippen MR) is 149 cm³/mol. The van der Waals surface area contributed by atoms with E-state index >= 15 is 0 Å². The molecule has 0 spiro atoms. The molecule has 6 nitrogen and oxygen atoms in total. The summed E-state index contributed by atoms with van der Waals surface area (Å²) in [6, 6.07) is 8.19. The number of nitrogens with zero attached hydrogens (tertiary/aromatic N) is 3. The van der Waals surface area contributed by atoms with E-state index in [1.165, 1.54) is 0 Å². The number of hydrogen-bond donors (Lipinski definition) is 2. The molecule has 2 aliphatic rings. The van der Waals surface area contributed by atoms with Gasteiger partial charge >= 0.3 is 0 Å². The van der Waals surface area contributed by atoms with Crippen LogP contribution in [0.3, 0.4) is 0 Å². The number of aliphatic imine (C=N–C) groups is 1. The fourth-order valence-corrected chi connectivity index (χ4v) is 4.03. The quantitative estimate of drug-likeness (QED) is 0.515. The third kappa shape index (κ3) is 8.33. The van der Waals surface area contributed by atoms with Crippen molar-refractivity contribution in [3.05, 3.63) is 94.2 Å². The maximum absolute atomic E-state index is 13.5. The number of nitrogens with one attached hydrogen (secondary N) is 1. The zero-order valence-corrected chi connectivity index (χ0v) is 22.2. The highest BCUT2D eigenvalue weighted by atomic mass is 35.5. The third-order valence-electron chi connectivity index (χ3n) is 6.20. The largest absolute Gasteiger partial charge is 0.378 e. The van der Waals surface area contributed by atoms with Gasteiger partial charge in [-0.2, -0.15) is 0 Å². The van der Waals surface area contributed by atoms with E-state index in [4.69, 9.17) is 11.6 Å². The fourth-order valence-electron chi connectivity index (χ4n) is 3.94. The van der Waals surface area contributed by atoms with Crippen molar-refractivity contribution in [1.29, 1.82) is 0 Å². The SMILES string of the molecule is C/C=C(Cl)\C=C/CC(O)N1C/C=C(C)/C=C\C=C(/C)N(Cc2ccc(C3=NCCCN3)cc2)C(=O)C1. The maximum atomic E-state index is 13.5. The average Bonchev–Trinajstić information content (AvgIpc) is 2.91. The van der Waals surface area contributed by atoms with E-state index in [9.17, 15) is 9.90 Å². The summed E-state index contributed by atoms with van der Waals surface area (Å²) in [5, 5.41) is 14.8. The van der Waals surface area contributed by atoms with Crippen LogP contribution in [0.25, 0.3) is 0 Å². The molecule has 3 rings (SSSR count). The minimum atomic E-state index is -0.811. The molecule has 2 heterocycles. The summed E-state index contributed by atoms with van der Waals surface area (Å²) in [5.41, 5.74) is 4.00. The minimum absolute atomic E-state index is 0.0676. The molecule has 1 aromatic rings. The van der Waals surface area contributed by atoms with E-state index in [1.807, 2.05) is 75.4 Å². The average molecular weight is 509 g/mol. The summed E-state index contributed by atoms with van der Waals surface area (Å²) >= 11 is 6.03. The highest BCUT2D eigenvalue weighted by Crippen LogP contribution is 2.17. The number of benzene rings is 1. The Morgan fingerprint density at radius 1 is 1.28 bits per heavy atom. The normalized spacial score (nSPS) is 23.1. The zero-order chi connectivity index (χ0) is 25.9. The van der Waals surface area contributed by atoms with Gasteiger partial charge in [0.1, 0.15) is 12.1 Å². The number of halogens is 1. The lowest BCUT2D eigenvalue weighted by atomic mass is 10.1. The van der Waals surface area contributed by atoms with Crippen LogP contribution in [0.4, 0.5) is 0 Å². The van der Waals surface area contributed by atoms with Gasteiger partial charge < -0.3 is 15.3 Å². The Balaban J connectivity index is 1.79. The predicted octanol–water partition coefficient (Wildman–Crippen LogP) is 4.88. The number of amides is 1. The number of amidine groups is 1. The molecular formula is C29H37ClN4O2. The molecule has 2 N–H and O–H groups in total. The lowest BCUT2D eigenvalue weighted by Crippen LogP contribution is -2.44. The highest BCUT2D eigenvalue weighted by molar-refractivity contribution is 6.31. The van der Waals surface area contributed by atoms with Gasteiger partial charge in [-0.05, 0) is 44.9 Å². The number of aliphatic hydroxyl groups excluding tert-OH is 1. The molecule has 192 valence electrons. The first-order chi connectivity index (χ1) is 17.4. The standard InChI is InChI=1S/C29H37ClN4O2/c1-4-26(30)10-6-11-27(35)33-19-16-22(2)8-5-9-23(3)34(28(36)21-33)20-24-12-14-25(15-13-24)29-31-17-7-18-32-29/h4-6,8-10,12-16,27,35H,7,11,17-21H2,1-3H3,(H,31,32)/b8-5-,10-6-,22-16+,23-9+,26-4+. The maximum Gasteiger partial charge on any atom is 0.241 e. The third-order valence-corrected chi connectivity index (χ3v) is 6.54. The Kier molecular flexibility index (Phi) is 10.7. The van der Waals surface area contributed by atoms with Gasteiger partial charge in [0, 0.05) is 42.3 Å². The number of hydrogen-bond acceptors (Lipinski definition) is 5. The van der Waals surface area contributed by atoms with Crippen LogP contribution in [-0.2, 0) is 11.3 Å². The monoisotopic (exact) mass is 508 g/mol. The molecule has 0 aromatic heterocycles. The molecule has 0 bridgehead atoms. The first kappa shape index (κ1) is 27.7. The van der Waals surface area contributed by atoms with Gasteiger partial charge in [-0.1, -0.05) is 71.8 Å². The molecule has 0 aliphatic carbocycles. The van der Waals surface area contributed by atoms with Crippen molar-refractivity contribution in [1.82, 2.24) is 15.1 Å². The van der Waals surface area contributed by atoms with Crippen LogP contribution in [0.5, 0.6) is 0 Å². The number of carbonyl (C=O) groups is 1. The summed E-state index contributed by atoms with van der Waals surface area (Å²) in [4.78, 5) is 21.6. The lowest BCUT2D eigenvalue weighted by molar-refractivity contribution is -0.133. The highest BCUT2D eigenvalue weighted by Gasteiger charge is 2.23. The van der Waals surface area contributed by atoms with Gasteiger partial charge in [0.2, 0.25) is 5.91 Å². The topological polar surface area (TPSA) is 68.2 Å². The fraction of sp³-hybridized carbons (Fsp3) is 0.379. The van der Waals surface area contributed by atoms with Crippen molar-refractivity contribution < 1.29 is 9.90 Å². The van der Waals surface area contributed by atoms with Crippen LogP contribution < -0.4 is 5.32 Å². The second-order valence-corrected chi connectivity index (χ2v) is 9.46. The van der Waals surface area contributed by atoms with Crippen molar-refractivity contribution in [3.8, 4) is 0 Å². The van der Waals surface area contributed by atoms with Crippen LogP contribution in [-0.4, -0.2) is 59.1 Å². The van der Waals surface area contributed by atoms with Crippen molar-refractivity contribution >= 4 is 23.3 Å². The van der Waals surface area contributed by atoms with E-state index in [0.29, 0.717) is 24.5 Å². The lowest BCUT2D eigenvalue weighted by Gasteiger charge is -2.30. The molecule has 0 fully saturated rings. The number of aliphatic hydroxyl groups is 1. The molecular weight excluding hydrogens is 472 g/mol.